The molecular weight excluding hydrogens is 486 g/mol. The molecule has 3 heterocycles. The van der Waals surface area contributed by atoms with Gasteiger partial charge in [0.2, 0.25) is 17.7 Å². The van der Waals surface area contributed by atoms with Gasteiger partial charge in [0.15, 0.2) is 11.4 Å². The van der Waals surface area contributed by atoms with Gasteiger partial charge in [0, 0.05) is 11.3 Å². The van der Waals surface area contributed by atoms with Gasteiger partial charge in [-0.25, -0.2) is 19.7 Å². The molecule has 0 radical (unpaired) electrons. The van der Waals surface area contributed by atoms with E-state index in [2.05, 4.69) is 30.3 Å². The van der Waals surface area contributed by atoms with E-state index in [0.29, 0.717) is 11.5 Å². The van der Waals surface area contributed by atoms with Crippen molar-refractivity contribution in [1.82, 2.24) is 25.6 Å². The fourth-order valence-corrected chi connectivity index (χ4v) is 4.73. The molecule has 1 aliphatic carbocycles. The van der Waals surface area contributed by atoms with Crippen molar-refractivity contribution >= 4 is 29.1 Å². The van der Waals surface area contributed by atoms with Crippen molar-refractivity contribution in [2.24, 2.45) is 11.8 Å². The molecule has 3 aromatic rings. The van der Waals surface area contributed by atoms with E-state index in [1.165, 1.54) is 24.7 Å². The fraction of sp³-hybridized carbons (Fsp3) is 0.500. The van der Waals surface area contributed by atoms with E-state index >= 15 is 0 Å². The molecule has 0 unspecified atom stereocenters. The molecule has 0 aromatic carbocycles. The van der Waals surface area contributed by atoms with E-state index in [-0.39, 0.29) is 47.0 Å². The number of oxazole rings is 2. The summed E-state index contributed by atoms with van der Waals surface area (Å²) in [6, 6.07) is -0.848. The van der Waals surface area contributed by atoms with Gasteiger partial charge in [0.1, 0.15) is 28.8 Å². The third-order valence-electron chi connectivity index (χ3n) is 6.09. The number of rotatable bonds is 9. The zero-order valence-electron chi connectivity index (χ0n) is 20.8. The van der Waals surface area contributed by atoms with E-state index < -0.39 is 17.9 Å². The maximum absolute atomic E-state index is 12.9. The second-order valence-electron chi connectivity index (χ2n) is 9.11. The van der Waals surface area contributed by atoms with Crippen LogP contribution in [0.1, 0.15) is 89.8 Å². The molecule has 4 rings (SSSR count). The number of hydrogen-bond donors (Lipinski definition) is 2. The Kier molecular flexibility index (Phi) is 7.53. The highest BCUT2D eigenvalue weighted by atomic mass is 32.1. The Morgan fingerprint density at radius 3 is 2.53 bits per heavy atom. The molecule has 11 nitrogen and oxygen atoms in total. The summed E-state index contributed by atoms with van der Waals surface area (Å²) >= 11 is 1.41. The van der Waals surface area contributed by atoms with Gasteiger partial charge in [-0.1, -0.05) is 20.3 Å². The zero-order chi connectivity index (χ0) is 26.0. The van der Waals surface area contributed by atoms with Gasteiger partial charge in [-0.15, -0.1) is 11.3 Å². The van der Waals surface area contributed by atoms with Crippen molar-refractivity contribution in [2.75, 3.05) is 7.11 Å². The smallest absolute Gasteiger partial charge is 0.360 e. The van der Waals surface area contributed by atoms with Gasteiger partial charge in [-0.3, -0.25) is 9.59 Å². The molecular formula is C24H29N5O6S. The fourth-order valence-electron chi connectivity index (χ4n) is 3.71. The normalized spacial score (nSPS) is 15.3. The number of nitrogens with one attached hydrogen (secondary N) is 2. The van der Waals surface area contributed by atoms with Gasteiger partial charge in [-0.05, 0) is 32.6 Å². The number of hydrogen-bond acceptors (Lipinski definition) is 10. The summed E-state index contributed by atoms with van der Waals surface area (Å²) in [5.41, 5.74) is 0.602. The average molecular weight is 516 g/mol. The number of carbonyl (C=O) groups excluding carboxylic acids is 3. The lowest BCUT2D eigenvalue weighted by molar-refractivity contribution is -0.128. The van der Waals surface area contributed by atoms with Crippen LogP contribution < -0.4 is 10.6 Å². The molecule has 36 heavy (non-hydrogen) atoms. The summed E-state index contributed by atoms with van der Waals surface area (Å²) < 4.78 is 15.6. The van der Waals surface area contributed by atoms with Crippen LogP contribution in [0.2, 0.25) is 0 Å². The van der Waals surface area contributed by atoms with Crippen LogP contribution >= 0.6 is 11.3 Å². The van der Waals surface area contributed by atoms with Gasteiger partial charge >= 0.3 is 5.97 Å². The van der Waals surface area contributed by atoms with Crippen molar-refractivity contribution in [2.45, 2.75) is 59.0 Å². The highest BCUT2D eigenvalue weighted by molar-refractivity contribution is 7.10. The monoisotopic (exact) mass is 515 g/mol. The van der Waals surface area contributed by atoms with Gasteiger partial charge in [-0.2, -0.15) is 0 Å². The molecule has 1 aliphatic rings. The van der Waals surface area contributed by atoms with Gasteiger partial charge in [0.05, 0.1) is 13.2 Å². The second kappa shape index (κ2) is 10.6. The summed E-state index contributed by atoms with van der Waals surface area (Å²) in [7, 11) is 1.24. The first-order valence-electron chi connectivity index (χ1n) is 11.8. The minimum Gasteiger partial charge on any atom is -0.464 e. The lowest BCUT2D eigenvalue weighted by Crippen LogP contribution is -2.38. The van der Waals surface area contributed by atoms with Crippen LogP contribution in [0, 0.1) is 18.8 Å². The standard InChI is InChI=1S/C24H29N5O6S/c1-11(2)17(28-19(30)14-7-6-8-14)23-27-16(10-36-23)22-29-18(13(4)35-22)20(31)25-12(3)21-26-15(9-34-21)24(32)33-5/h9-12,14,17H,6-8H2,1-5H3,(H,25,31)(H,28,30)/t12-,17-/m0/s1. The third kappa shape index (κ3) is 5.32. The van der Waals surface area contributed by atoms with Crippen molar-refractivity contribution in [3.05, 3.63) is 39.7 Å². The number of thiazole rings is 1. The lowest BCUT2D eigenvalue weighted by Gasteiger charge is -2.28. The van der Waals surface area contributed by atoms with Crippen LogP contribution in [-0.2, 0) is 9.53 Å². The van der Waals surface area contributed by atoms with Crippen LogP contribution in [0.4, 0.5) is 0 Å². The molecule has 2 atom stereocenters. The summed E-state index contributed by atoms with van der Waals surface area (Å²) in [5.74, 6) is -0.125. The van der Waals surface area contributed by atoms with Crippen LogP contribution in [-0.4, -0.2) is 39.8 Å². The highest BCUT2D eigenvalue weighted by Crippen LogP contribution is 2.32. The highest BCUT2D eigenvalue weighted by Gasteiger charge is 2.30. The van der Waals surface area contributed by atoms with Crippen molar-refractivity contribution in [3.8, 4) is 11.6 Å². The lowest BCUT2D eigenvalue weighted by atomic mass is 9.84. The number of nitrogens with zero attached hydrogens (tertiary/aromatic N) is 3. The maximum atomic E-state index is 12.9. The van der Waals surface area contributed by atoms with Crippen molar-refractivity contribution < 1.29 is 28.0 Å². The Hall–Kier alpha value is -3.54. The van der Waals surface area contributed by atoms with Gasteiger partial charge in [0.25, 0.3) is 5.91 Å². The van der Waals surface area contributed by atoms with Crippen molar-refractivity contribution in [1.29, 1.82) is 0 Å². The molecule has 0 spiro atoms. The first kappa shape index (κ1) is 25.5. The predicted molar refractivity (Wildman–Crippen MR) is 129 cm³/mol. The van der Waals surface area contributed by atoms with Crippen LogP contribution in [0.3, 0.4) is 0 Å². The molecule has 12 heteroatoms. The minimum absolute atomic E-state index is 0.0106. The summed E-state index contributed by atoms with van der Waals surface area (Å²) in [6.07, 6.45) is 4.13. The minimum atomic E-state index is -0.634. The molecule has 192 valence electrons. The number of amides is 2. The molecule has 3 aromatic heterocycles. The van der Waals surface area contributed by atoms with E-state index in [1.807, 2.05) is 13.8 Å². The van der Waals surface area contributed by atoms with E-state index in [0.717, 1.165) is 24.3 Å². The van der Waals surface area contributed by atoms with E-state index in [4.69, 9.17) is 8.83 Å². The Bertz CT molecular complexity index is 1260. The predicted octanol–water partition coefficient (Wildman–Crippen LogP) is 3.99. The number of aryl methyl sites for hydroxylation is 1. The number of carbonyl (C=O) groups is 3. The third-order valence-corrected chi connectivity index (χ3v) is 7.02. The number of methoxy groups -OCH3 is 1. The molecule has 2 amide bonds. The molecule has 1 fully saturated rings. The number of aromatic nitrogens is 3. The maximum Gasteiger partial charge on any atom is 0.360 e. The molecule has 0 bridgehead atoms. The molecule has 2 N–H and O–H groups in total. The Morgan fingerprint density at radius 2 is 1.89 bits per heavy atom. The summed E-state index contributed by atoms with van der Waals surface area (Å²) in [6.45, 7) is 7.37. The molecule has 0 aliphatic heterocycles. The second-order valence-corrected chi connectivity index (χ2v) is 10.0. The Morgan fingerprint density at radius 1 is 1.14 bits per heavy atom. The first-order valence-corrected chi connectivity index (χ1v) is 12.6. The van der Waals surface area contributed by atoms with Crippen LogP contribution in [0.5, 0.6) is 0 Å². The topological polar surface area (TPSA) is 149 Å². The zero-order valence-corrected chi connectivity index (χ0v) is 21.6. The summed E-state index contributed by atoms with van der Waals surface area (Å²) in [4.78, 5) is 50.0. The number of ether oxygens (including phenoxy) is 1. The van der Waals surface area contributed by atoms with Crippen molar-refractivity contribution in [3.63, 3.8) is 0 Å². The molecule has 0 saturated heterocycles. The molecule has 1 saturated carbocycles. The summed E-state index contributed by atoms with van der Waals surface area (Å²) in [5, 5.41) is 8.43. The first-order chi connectivity index (χ1) is 17.2. The van der Waals surface area contributed by atoms with E-state index in [1.54, 1.807) is 19.2 Å². The average Bonchev–Trinajstić information content (AvgIpc) is 3.54. The van der Waals surface area contributed by atoms with Gasteiger partial charge < -0.3 is 24.2 Å². The Labute approximate surface area is 212 Å². The van der Waals surface area contributed by atoms with E-state index in [9.17, 15) is 14.4 Å². The SMILES string of the molecule is COC(=O)c1coc([C@H](C)NC(=O)c2nc(-c3csc([C@@H](NC(=O)C4CCC4)C(C)C)n3)oc2C)n1. The number of esters is 1. The van der Waals surface area contributed by atoms with Crippen LogP contribution in [0.15, 0.2) is 20.5 Å². The van der Waals surface area contributed by atoms with Crippen LogP contribution in [0.25, 0.3) is 11.6 Å². The quantitative estimate of drug-likeness (QED) is 0.403. The largest absolute Gasteiger partial charge is 0.464 e. The Balaban J connectivity index is 1.46.